The summed E-state index contributed by atoms with van der Waals surface area (Å²) in [6.07, 6.45) is 7.64. The van der Waals surface area contributed by atoms with Crippen molar-refractivity contribution in [3.05, 3.63) is 5.82 Å². The molecule has 7 nitrogen and oxygen atoms in total. The molecule has 1 atom stereocenters. The second kappa shape index (κ2) is 6.46. The second-order valence-corrected chi connectivity index (χ2v) is 6.45. The number of amides is 2. The maximum Gasteiger partial charge on any atom is 0.249 e. The first-order chi connectivity index (χ1) is 10.6. The molecule has 1 aromatic heterocycles. The molecule has 3 rings (SSSR count). The van der Waals surface area contributed by atoms with Gasteiger partial charge >= 0.3 is 0 Å². The maximum absolute atomic E-state index is 12.4. The predicted molar refractivity (Wildman–Crippen MR) is 81.2 cm³/mol. The van der Waals surface area contributed by atoms with Gasteiger partial charge in [0.15, 0.2) is 0 Å². The van der Waals surface area contributed by atoms with E-state index in [2.05, 4.69) is 25.8 Å². The van der Waals surface area contributed by atoms with Crippen molar-refractivity contribution >= 4 is 17.8 Å². The number of anilines is 1. The quantitative estimate of drug-likeness (QED) is 0.745. The number of nitrogens with zero attached hydrogens (tertiary/aromatic N) is 2. The molecule has 120 valence electrons. The van der Waals surface area contributed by atoms with Crippen molar-refractivity contribution < 1.29 is 9.59 Å². The largest absolute Gasteiger partial charge is 0.345 e. The van der Waals surface area contributed by atoms with Crippen molar-refractivity contribution in [2.24, 2.45) is 5.92 Å². The van der Waals surface area contributed by atoms with Gasteiger partial charge in [0.25, 0.3) is 0 Å². The predicted octanol–water partition coefficient (Wildman–Crippen LogP) is 1.71. The van der Waals surface area contributed by atoms with E-state index in [1.54, 1.807) is 0 Å². The van der Waals surface area contributed by atoms with Crippen molar-refractivity contribution in [1.82, 2.24) is 20.5 Å². The third-order valence-corrected chi connectivity index (χ3v) is 4.72. The Morgan fingerprint density at radius 2 is 2.00 bits per heavy atom. The van der Waals surface area contributed by atoms with Crippen LogP contribution in [-0.2, 0) is 9.59 Å². The molecule has 22 heavy (non-hydrogen) atoms. The normalized spacial score (nSPS) is 19.9. The van der Waals surface area contributed by atoms with E-state index in [0.717, 1.165) is 31.5 Å². The number of hydrogen-bond donors (Lipinski definition) is 3. The van der Waals surface area contributed by atoms with Gasteiger partial charge in [-0.15, -0.1) is 5.10 Å². The van der Waals surface area contributed by atoms with Crippen molar-refractivity contribution in [2.45, 2.75) is 63.8 Å². The van der Waals surface area contributed by atoms with Crippen LogP contribution in [-0.4, -0.2) is 33.0 Å². The van der Waals surface area contributed by atoms with Crippen LogP contribution in [0.5, 0.6) is 0 Å². The molecule has 0 aromatic carbocycles. The molecule has 2 amide bonds. The summed E-state index contributed by atoms with van der Waals surface area (Å²) < 4.78 is 0. The number of nitrogens with one attached hydrogen (secondary N) is 3. The Bertz CT molecular complexity index is 548. The van der Waals surface area contributed by atoms with Gasteiger partial charge in [-0.1, -0.05) is 25.7 Å². The SMILES string of the molecule is CC(=O)N[C@H](CC1CCC1)C(=O)Nc1n[nH]c(C2CCC2)n1. The van der Waals surface area contributed by atoms with Gasteiger partial charge in [0.05, 0.1) is 0 Å². The molecule has 0 spiro atoms. The fourth-order valence-corrected chi connectivity index (χ4v) is 2.93. The van der Waals surface area contributed by atoms with Crippen LogP contribution in [0.3, 0.4) is 0 Å². The van der Waals surface area contributed by atoms with Gasteiger partial charge in [0, 0.05) is 12.8 Å². The minimum absolute atomic E-state index is 0.190. The molecule has 0 unspecified atom stereocenters. The molecule has 0 saturated heterocycles. The lowest BCUT2D eigenvalue weighted by Gasteiger charge is -2.29. The van der Waals surface area contributed by atoms with E-state index in [4.69, 9.17) is 0 Å². The van der Waals surface area contributed by atoms with Crippen LogP contribution >= 0.6 is 0 Å². The van der Waals surface area contributed by atoms with E-state index in [0.29, 0.717) is 24.2 Å². The zero-order valence-corrected chi connectivity index (χ0v) is 12.9. The highest BCUT2D eigenvalue weighted by Gasteiger charge is 2.28. The number of carbonyl (C=O) groups is 2. The Morgan fingerprint density at radius 3 is 2.55 bits per heavy atom. The number of H-pyrrole nitrogens is 1. The summed E-state index contributed by atoms with van der Waals surface area (Å²) in [5.41, 5.74) is 0. The second-order valence-electron chi connectivity index (χ2n) is 6.45. The molecule has 1 heterocycles. The molecule has 2 aliphatic rings. The number of aromatic amines is 1. The van der Waals surface area contributed by atoms with Gasteiger partial charge in [-0.25, -0.2) is 0 Å². The van der Waals surface area contributed by atoms with Crippen LogP contribution in [0.2, 0.25) is 0 Å². The van der Waals surface area contributed by atoms with E-state index in [-0.39, 0.29) is 11.8 Å². The van der Waals surface area contributed by atoms with Crippen molar-refractivity contribution in [3.8, 4) is 0 Å². The van der Waals surface area contributed by atoms with E-state index in [9.17, 15) is 9.59 Å². The number of hydrogen-bond acceptors (Lipinski definition) is 4. The average Bonchev–Trinajstić information content (AvgIpc) is 2.77. The Morgan fingerprint density at radius 1 is 1.27 bits per heavy atom. The molecule has 7 heteroatoms. The standard InChI is InChI=1S/C15H23N5O2/c1-9(21)16-12(8-10-4-2-5-10)14(22)18-15-17-13(19-20-15)11-6-3-7-11/h10-12H,2-8H2,1H3,(H,16,21)(H2,17,18,19,20,22)/t12-/m1/s1. The fourth-order valence-electron chi connectivity index (χ4n) is 2.93. The first-order valence-electron chi connectivity index (χ1n) is 8.12. The Hall–Kier alpha value is -1.92. The average molecular weight is 305 g/mol. The first-order valence-corrected chi connectivity index (χ1v) is 8.12. The number of aromatic nitrogens is 3. The van der Waals surface area contributed by atoms with Gasteiger partial charge in [-0.05, 0) is 25.2 Å². The highest BCUT2D eigenvalue weighted by Crippen LogP contribution is 2.34. The number of rotatable bonds is 6. The van der Waals surface area contributed by atoms with Gasteiger partial charge in [-0.3, -0.25) is 20.0 Å². The fraction of sp³-hybridized carbons (Fsp3) is 0.733. The zero-order chi connectivity index (χ0) is 15.5. The molecule has 1 aromatic rings. The molecule has 0 radical (unpaired) electrons. The van der Waals surface area contributed by atoms with Crippen LogP contribution in [0.15, 0.2) is 0 Å². The van der Waals surface area contributed by atoms with Crippen molar-refractivity contribution in [1.29, 1.82) is 0 Å². The molecular weight excluding hydrogens is 282 g/mol. The molecule has 2 saturated carbocycles. The van der Waals surface area contributed by atoms with Crippen LogP contribution in [0.1, 0.15) is 63.6 Å². The maximum atomic E-state index is 12.4. The Labute approximate surface area is 129 Å². The summed E-state index contributed by atoms with van der Waals surface area (Å²) in [4.78, 5) is 28.0. The van der Waals surface area contributed by atoms with Gasteiger partial charge in [-0.2, -0.15) is 4.98 Å². The summed E-state index contributed by atoms with van der Waals surface area (Å²) >= 11 is 0. The van der Waals surface area contributed by atoms with Gasteiger partial charge in [0.1, 0.15) is 11.9 Å². The minimum atomic E-state index is -0.506. The molecule has 0 aliphatic heterocycles. The number of carbonyl (C=O) groups excluding carboxylic acids is 2. The van der Waals surface area contributed by atoms with E-state index < -0.39 is 6.04 Å². The summed E-state index contributed by atoms with van der Waals surface area (Å²) in [6.45, 7) is 1.43. The van der Waals surface area contributed by atoms with Crippen LogP contribution < -0.4 is 10.6 Å². The molecule has 2 aliphatic carbocycles. The molecule has 2 fully saturated rings. The van der Waals surface area contributed by atoms with Crippen molar-refractivity contribution in [2.75, 3.05) is 5.32 Å². The lowest BCUT2D eigenvalue weighted by Crippen LogP contribution is -2.44. The minimum Gasteiger partial charge on any atom is -0.345 e. The molecular formula is C15H23N5O2. The first kappa shape index (κ1) is 15.0. The topological polar surface area (TPSA) is 99.8 Å². The Balaban J connectivity index is 1.58. The third kappa shape index (κ3) is 3.45. The lowest BCUT2D eigenvalue weighted by molar-refractivity contribution is -0.125. The highest BCUT2D eigenvalue weighted by molar-refractivity contribution is 5.95. The van der Waals surface area contributed by atoms with Crippen LogP contribution in [0.25, 0.3) is 0 Å². The zero-order valence-electron chi connectivity index (χ0n) is 12.9. The van der Waals surface area contributed by atoms with Gasteiger partial charge in [0.2, 0.25) is 17.8 Å². The molecule has 0 bridgehead atoms. The Kier molecular flexibility index (Phi) is 4.40. The lowest BCUT2D eigenvalue weighted by atomic mass is 9.80. The van der Waals surface area contributed by atoms with E-state index >= 15 is 0 Å². The smallest absolute Gasteiger partial charge is 0.249 e. The summed E-state index contributed by atoms with van der Waals surface area (Å²) in [5, 5.41) is 12.4. The highest BCUT2D eigenvalue weighted by atomic mass is 16.2. The monoisotopic (exact) mass is 305 g/mol. The summed E-state index contributed by atoms with van der Waals surface area (Å²) in [6, 6.07) is -0.506. The molecule has 3 N–H and O–H groups in total. The van der Waals surface area contributed by atoms with Gasteiger partial charge < -0.3 is 5.32 Å². The van der Waals surface area contributed by atoms with E-state index in [1.807, 2.05) is 0 Å². The van der Waals surface area contributed by atoms with Crippen LogP contribution in [0, 0.1) is 5.92 Å². The summed E-state index contributed by atoms with van der Waals surface area (Å²) in [5.74, 6) is 1.69. The summed E-state index contributed by atoms with van der Waals surface area (Å²) in [7, 11) is 0. The third-order valence-electron chi connectivity index (χ3n) is 4.72. The van der Waals surface area contributed by atoms with Crippen molar-refractivity contribution in [3.63, 3.8) is 0 Å². The van der Waals surface area contributed by atoms with E-state index in [1.165, 1.54) is 19.8 Å². The van der Waals surface area contributed by atoms with Crippen LogP contribution in [0.4, 0.5) is 5.95 Å².